The molecular weight excluding hydrogens is 276 g/mol. The van der Waals surface area contributed by atoms with Crippen LogP contribution in [0, 0.1) is 5.92 Å². The van der Waals surface area contributed by atoms with Gasteiger partial charge in [-0.3, -0.25) is 4.79 Å². The molecule has 0 radical (unpaired) electrons. The molecule has 1 saturated carbocycles. The van der Waals surface area contributed by atoms with E-state index in [1.165, 1.54) is 25.1 Å². The average Bonchev–Trinajstić information content (AvgIpc) is 2.91. The first-order valence-corrected chi connectivity index (χ1v) is 8.11. The molecule has 0 aromatic carbocycles. The highest BCUT2D eigenvalue weighted by Gasteiger charge is 2.24. The maximum absolute atomic E-state index is 11.8. The van der Waals surface area contributed by atoms with Gasteiger partial charge in [0.25, 0.3) is 15.0 Å². The van der Waals surface area contributed by atoms with Gasteiger partial charge in [-0.05, 0) is 25.3 Å². The minimum absolute atomic E-state index is 0.0874. The maximum Gasteiger partial charge on any atom is 0.267 e. The van der Waals surface area contributed by atoms with Crippen LogP contribution in [0.5, 0.6) is 0 Å². The maximum atomic E-state index is 11.8. The quantitative estimate of drug-likeness (QED) is 0.813. The summed E-state index contributed by atoms with van der Waals surface area (Å²) in [6.07, 6.45) is 4.64. The lowest BCUT2D eigenvalue weighted by atomic mass is 10.1. The highest BCUT2D eigenvalue weighted by Crippen LogP contribution is 2.33. The van der Waals surface area contributed by atoms with E-state index in [0.717, 1.165) is 12.3 Å². The predicted molar refractivity (Wildman–Crippen MR) is 68.1 cm³/mol. The monoisotopic (exact) mass is 290 g/mol. The number of carbonyl (C=O) groups excluding carboxylic acids is 1. The van der Waals surface area contributed by atoms with Crippen LogP contribution in [0.1, 0.15) is 36.7 Å². The van der Waals surface area contributed by atoms with Gasteiger partial charge >= 0.3 is 0 Å². The molecule has 1 unspecified atom stereocenters. The Hall–Kier alpha value is -1.01. The molecule has 1 amide bonds. The predicted octanol–water partition coefficient (Wildman–Crippen LogP) is 1.86. The van der Waals surface area contributed by atoms with Crippen LogP contribution in [-0.2, 0) is 9.05 Å². The van der Waals surface area contributed by atoms with Crippen molar-refractivity contribution in [3.8, 4) is 0 Å². The molecule has 1 aromatic heterocycles. The van der Waals surface area contributed by atoms with E-state index in [2.05, 4.69) is 10.3 Å². The van der Waals surface area contributed by atoms with Crippen LogP contribution < -0.4 is 5.32 Å². The molecule has 5 nitrogen and oxygen atoms in total. The van der Waals surface area contributed by atoms with Crippen molar-refractivity contribution < 1.29 is 13.2 Å². The molecule has 2 rings (SSSR count). The van der Waals surface area contributed by atoms with Crippen molar-refractivity contribution in [2.24, 2.45) is 5.92 Å². The third kappa shape index (κ3) is 3.49. The second-order valence-electron chi connectivity index (χ2n) is 4.74. The Labute approximate surface area is 110 Å². The average molecular weight is 291 g/mol. The summed E-state index contributed by atoms with van der Waals surface area (Å²) in [7, 11) is 1.39. The van der Waals surface area contributed by atoms with Crippen molar-refractivity contribution in [3.63, 3.8) is 0 Å². The largest absolute Gasteiger partial charge is 0.356 e. The minimum atomic E-state index is -3.79. The summed E-state index contributed by atoms with van der Waals surface area (Å²) < 4.78 is 22.1. The Balaban J connectivity index is 1.97. The van der Waals surface area contributed by atoms with Gasteiger partial charge in [0.1, 0.15) is 10.6 Å². The molecule has 18 heavy (non-hydrogen) atoms. The van der Waals surface area contributed by atoms with E-state index in [-0.39, 0.29) is 22.5 Å². The molecule has 0 saturated heterocycles. The molecule has 1 heterocycles. The third-order valence-electron chi connectivity index (χ3n) is 2.94. The fourth-order valence-corrected chi connectivity index (χ4v) is 2.59. The normalized spacial score (nSPS) is 17.4. The molecule has 0 aliphatic heterocycles. The summed E-state index contributed by atoms with van der Waals surface area (Å²) in [5.41, 5.74) is 0.205. The van der Waals surface area contributed by atoms with Crippen LogP contribution in [0.2, 0.25) is 0 Å². The molecule has 0 bridgehead atoms. The Morgan fingerprint density at radius 1 is 1.61 bits per heavy atom. The Morgan fingerprint density at radius 2 is 2.28 bits per heavy atom. The number of carbonyl (C=O) groups is 1. The summed E-state index contributed by atoms with van der Waals surface area (Å²) in [4.78, 5) is 14.3. The van der Waals surface area contributed by atoms with Gasteiger partial charge in [-0.1, -0.05) is 12.8 Å². The molecule has 2 N–H and O–H groups in total. The van der Waals surface area contributed by atoms with Crippen molar-refractivity contribution in [1.82, 2.24) is 10.3 Å². The summed E-state index contributed by atoms with van der Waals surface area (Å²) >= 11 is 0. The van der Waals surface area contributed by atoms with E-state index < -0.39 is 9.05 Å². The molecule has 1 aromatic rings. The molecule has 1 atom stereocenters. The first-order chi connectivity index (χ1) is 8.36. The van der Waals surface area contributed by atoms with Crippen LogP contribution in [-0.4, -0.2) is 25.4 Å². The lowest BCUT2D eigenvalue weighted by Crippen LogP contribution is -2.33. The second kappa shape index (κ2) is 4.93. The summed E-state index contributed by atoms with van der Waals surface area (Å²) in [6.45, 7) is 1.94. The number of nitrogens with one attached hydrogen (secondary N) is 2. The number of aromatic nitrogens is 1. The van der Waals surface area contributed by atoms with Gasteiger partial charge in [0.05, 0.1) is 0 Å². The number of rotatable bonds is 5. The lowest BCUT2D eigenvalue weighted by molar-refractivity contribution is 0.0933. The Kier molecular flexibility index (Phi) is 3.68. The first-order valence-electron chi connectivity index (χ1n) is 5.80. The number of H-pyrrole nitrogens is 1. The molecule has 1 aliphatic rings. The van der Waals surface area contributed by atoms with Crippen LogP contribution in [0.25, 0.3) is 0 Å². The number of hydrogen-bond acceptors (Lipinski definition) is 3. The van der Waals surface area contributed by atoms with Gasteiger partial charge in [0.15, 0.2) is 0 Å². The van der Waals surface area contributed by atoms with Crippen molar-refractivity contribution in [2.45, 2.75) is 37.1 Å². The van der Waals surface area contributed by atoms with Gasteiger partial charge in [0, 0.05) is 22.9 Å². The zero-order valence-corrected chi connectivity index (χ0v) is 11.5. The summed E-state index contributed by atoms with van der Waals surface area (Å²) in [5.74, 6) is 0.414. The molecule has 1 aliphatic carbocycles. The lowest BCUT2D eigenvalue weighted by Gasteiger charge is -2.12. The Bertz CT molecular complexity index is 548. The molecule has 7 heteroatoms. The third-order valence-corrected chi connectivity index (χ3v) is 4.28. The van der Waals surface area contributed by atoms with Crippen molar-refractivity contribution in [2.75, 3.05) is 0 Å². The van der Waals surface area contributed by atoms with E-state index >= 15 is 0 Å². The van der Waals surface area contributed by atoms with Gasteiger partial charge in [-0.25, -0.2) is 8.42 Å². The van der Waals surface area contributed by atoms with E-state index in [0.29, 0.717) is 0 Å². The minimum Gasteiger partial charge on any atom is -0.356 e. The fourth-order valence-electron chi connectivity index (χ4n) is 1.86. The van der Waals surface area contributed by atoms with E-state index in [4.69, 9.17) is 10.7 Å². The fraction of sp³-hybridized carbons (Fsp3) is 0.545. The molecule has 1 fully saturated rings. The summed E-state index contributed by atoms with van der Waals surface area (Å²) in [6, 6.07) is 1.32. The van der Waals surface area contributed by atoms with Crippen molar-refractivity contribution in [3.05, 3.63) is 18.0 Å². The molecular formula is C11H15ClN2O3S. The number of aromatic amines is 1. The summed E-state index contributed by atoms with van der Waals surface area (Å²) in [5, 5.41) is 2.82. The zero-order valence-electron chi connectivity index (χ0n) is 9.94. The van der Waals surface area contributed by atoms with Crippen molar-refractivity contribution >= 4 is 25.6 Å². The molecule has 0 spiro atoms. The van der Waals surface area contributed by atoms with Crippen LogP contribution in [0.15, 0.2) is 17.2 Å². The number of amides is 1. The van der Waals surface area contributed by atoms with Gasteiger partial charge in [-0.15, -0.1) is 0 Å². The topological polar surface area (TPSA) is 79.0 Å². The van der Waals surface area contributed by atoms with Crippen molar-refractivity contribution in [1.29, 1.82) is 0 Å². The van der Waals surface area contributed by atoms with Crippen LogP contribution >= 0.6 is 10.7 Å². The van der Waals surface area contributed by atoms with E-state index in [1.54, 1.807) is 0 Å². The van der Waals surface area contributed by atoms with E-state index in [1.807, 2.05) is 6.92 Å². The second-order valence-corrected chi connectivity index (χ2v) is 7.31. The highest BCUT2D eigenvalue weighted by atomic mass is 35.7. The zero-order chi connectivity index (χ0) is 13.3. The Morgan fingerprint density at radius 3 is 2.78 bits per heavy atom. The van der Waals surface area contributed by atoms with Crippen LogP contribution in [0.3, 0.4) is 0 Å². The number of hydrogen-bond donors (Lipinski definition) is 2. The first kappa shape index (κ1) is 13.4. The standard InChI is InChI=1S/C11H15ClN2O3S/c1-7(4-8-2-3-8)14-11(15)10-5-9(6-13-10)18(12,16)17/h5-8,13H,2-4H2,1H3,(H,14,15). The highest BCUT2D eigenvalue weighted by molar-refractivity contribution is 8.13. The van der Waals surface area contributed by atoms with E-state index in [9.17, 15) is 13.2 Å². The van der Waals surface area contributed by atoms with Gasteiger partial charge < -0.3 is 10.3 Å². The SMILES string of the molecule is CC(CC1CC1)NC(=O)c1cc(S(=O)(=O)Cl)c[nH]1. The van der Waals surface area contributed by atoms with Crippen LogP contribution in [0.4, 0.5) is 0 Å². The smallest absolute Gasteiger partial charge is 0.267 e. The number of halogens is 1. The van der Waals surface area contributed by atoms with Gasteiger partial charge in [-0.2, -0.15) is 0 Å². The van der Waals surface area contributed by atoms with Gasteiger partial charge in [0.2, 0.25) is 0 Å². The molecule has 100 valence electrons.